The average Bonchev–Trinajstić information content (AvgIpc) is 2.99. The number of amides is 2. The van der Waals surface area contributed by atoms with Gasteiger partial charge in [0.05, 0.1) is 22.6 Å². The fourth-order valence-electron chi connectivity index (χ4n) is 6.11. The van der Waals surface area contributed by atoms with Gasteiger partial charge in [0.15, 0.2) is 0 Å². The summed E-state index contributed by atoms with van der Waals surface area (Å²) in [5, 5.41) is 9.19. The van der Waals surface area contributed by atoms with E-state index in [0.29, 0.717) is 5.69 Å². The first-order valence-corrected chi connectivity index (χ1v) is 10.3. The molecule has 5 nitrogen and oxygen atoms in total. The van der Waals surface area contributed by atoms with Gasteiger partial charge in [0.2, 0.25) is 11.8 Å². The smallest absolute Gasteiger partial charge is 0.335 e. The quantitative estimate of drug-likeness (QED) is 0.645. The predicted octanol–water partition coefficient (Wildman–Crippen LogP) is 4.17. The van der Waals surface area contributed by atoms with Crippen LogP contribution in [0, 0.1) is 11.3 Å². The number of carboxylic acid groups (broad SMARTS) is 1. The Morgan fingerprint density at radius 2 is 1.35 bits per heavy atom. The molecule has 0 spiro atoms. The van der Waals surface area contributed by atoms with E-state index in [1.165, 1.54) is 17.0 Å². The second-order valence-corrected chi connectivity index (χ2v) is 8.76. The maximum atomic E-state index is 13.9. The van der Waals surface area contributed by atoms with Gasteiger partial charge in [-0.1, -0.05) is 48.5 Å². The molecule has 5 heteroatoms. The second-order valence-electron chi connectivity index (χ2n) is 8.76. The van der Waals surface area contributed by atoms with Crippen molar-refractivity contribution in [2.75, 3.05) is 4.90 Å². The summed E-state index contributed by atoms with van der Waals surface area (Å²) >= 11 is 0. The molecule has 3 aromatic rings. The molecule has 3 aromatic carbocycles. The number of nitrogens with zero attached hydrogens (tertiary/aromatic N) is 1. The van der Waals surface area contributed by atoms with Crippen molar-refractivity contribution < 1.29 is 19.5 Å². The molecule has 1 N–H and O–H groups in total. The van der Waals surface area contributed by atoms with Crippen LogP contribution in [-0.4, -0.2) is 22.9 Å². The highest BCUT2D eigenvalue weighted by molar-refractivity contribution is 6.25. The Hall–Kier alpha value is -3.73. The van der Waals surface area contributed by atoms with Gasteiger partial charge in [0, 0.05) is 11.8 Å². The van der Waals surface area contributed by atoms with Crippen molar-refractivity contribution in [1.29, 1.82) is 0 Å². The van der Waals surface area contributed by atoms with Crippen LogP contribution in [0.5, 0.6) is 0 Å². The van der Waals surface area contributed by atoms with E-state index < -0.39 is 17.3 Å². The fraction of sp³-hybridized carbons (Fsp3) is 0.192. The number of benzene rings is 3. The van der Waals surface area contributed by atoms with Crippen LogP contribution in [0.15, 0.2) is 72.8 Å². The number of aromatic carboxylic acids is 1. The normalized spacial score (nSPS) is 27.6. The summed E-state index contributed by atoms with van der Waals surface area (Å²) in [6, 6.07) is 22.2. The number of carbonyl (C=O) groups is 3. The lowest BCUT2D eigenvalue weighted by molar-refractivity contribution is -0.128. The van der Waals surface area contributed by atoms with Gasteiger partial charge < -0.3 is 5.11 Å². The average molecular weight is 409 g/mol. The molecule has 31 heavy (non-hydrogen) atoms. The molecule has 2 bridgehead atoms. The van der Waals surface area contributed by atoms with Crippen molar-refractivity contribution in [1.82, 2.24) is 0 Å². The molecule has 2 atom stereocenters. The zero-order valence-electron chi connectivity index (χ0n) is 16.8. The Morgan fingerprint density at radius 1 is 0.839 bits per heavy atom. The first kappa shape index (κ1) is 18.1. The van der Waals surface area contributed by atoms with Crippen LogP contribution in [0.3, 0.4) is 0 Å². The summed E-state index contributed by atoms with van der Waals surface area (Å²) in [4.78, 5) is 40.2. The minimum absolute atomic E-state index is 0.117. The van der Waals surface area contributed by atoms with Crippen molar-refractivity contribution >= 4 is 23.5 Å². The molecular weight excluding hydrogens is 390 g/mol. The standard InChI is InChI=1S/C26H19NO4/c1-26-21-18-8-4-2-6-16(18)20(17-7-3-5-9-19(17)21)22(26)23(28)27(25(26)31)15-12-10-14(11-13-15)24(29)30/h2-13,20-22H,1H3,(H,29,30). The fourth-order valence-corrected chi connectivity index (χ4v) is 6.11. The van der Waals surface area contributed by atoms with Gasteiger partial charge in [-0.15, -0.1) is 0 Å². The van der Waals surface area contributed by atoms with Crippen LogP contribution >= 0.6 is 0 Å². The second kappa shape index (κ2) is 5.91. The number of carboxylic acids is 1. The zero-order chi connectivity index (χ0) is 21.5. The number of carbonyl (C=O) groups excluding carboxylic acids is 2. The van der Waals surface area contributed by atoms with Crippen molar-refractivity contribution in [2.45, 2.75) is 18.8 Å². The van der Waals surface area contributed by atoms with Crippen LogP contribution in [-0.2, 0) is 9.59 Å². The first-order valence-electron chi connectivity index (χ1n) is 10.3. The van der Waals surface area contributed by atoms with E-state index in [2.05, 4.69) is 24.3 Å². The van der Waals surface area contributed by atoms with Crippen LogP contribution < -0.4 is 4.90 Å². The highest BCUT2D eigenvalue weighted by atomic mass is 16.4. The van der Waals surface area contributed by atoms with Crippen LogP contribution in [0.25, 0.3) is 0 Å². The third-order valence-corrected chi connectivity index (χ3v) is 7.39. The molecule has 3 aliphatic carbocycles. The summed E-state index contributed by atoms with van der Waals surface area (Å²) in [7, 11) is 0. The Kier molecular flexibility index (Phi) is 3.45. The van der Waals surface area contributed by atoms with Crippen LogP contribution in [0.2, 0.25) is 0 Å². The van der Waals surface area contributed by atoms with Gasteiger partial charge in [0.1, 0.15) is 0 Å². The summed E-state index contributed by atoms with van der Waals surface area (Å²) in [5.74, 6) is -2.35. The van der Waals surface area contributed by atoms with Crippen molar-refractivity contribution in [3.63, 3.8) is 0 Å². The molecule has 1 aliphatic heterocycles. The Bertz CT molecular complexity index is 1250. The molecule has 1 fully saturated rings. The Morgan fingerprint density at radius 3 is 1.87 bits per heavy atom. The van der Waals surface area contributed by atoms with E-state index in [4.69, 9.17) is 0 Å². The maximum Gasteiger partial charge on any atom is 0.335 e. The molecule has 2 unspecified atom stereocenters. The minimum Gasteiger partial charge on any atom is -0.478 e. The first-order chi connectivity index (χ1) is 14.9. The van der Waals surface area contributed by atoms with Gasteiger partial charge in [-0.2, -0.15) is 0 Å². The predicted molar refractivity (Wildman–Crippen MR) is 114 cm³/mol. The van der Waals surface area contributed by atoms with Crippen molar-refractivity contribution in [2.24, 2.45) is 11.3 Å². The molecule has 4 aliphatic rings. The molecule has 7 rings (SSSR count). The van der Waals surface area contributed by atoms with Crippen LogP contribution in [0.4, 0.5) is 5.69 Å². The van der Waals surface area contributed by atoms with Gasteiger partial charge >= 0.3 is 5.97 Å². The number of anilines is 1. The van der Waals surface area contributed by atoms with E-state index >= 15 is 0 Å². The molecular formula is C26H19NO4. The lowest BCUT2D eigenvalue weighted by Crippen LogP contribution is -2.49. The van der Waals surface area contributed by atoms with Crippen LogP contribution in [0.1, 0.15) is 51.4 Å². The molecule has 0 radical (unpaired) electrons. The Labute approximate surface area is 178 Å². The molecule has 2 amide bonds. The van der Waals surface area contributed by atoms with Gasteiger partial charge in [-0.3, -0.25) is 9.59 Å². The number of rotatable bonds is 2. The summed E-state index contributed by atoms with van der Waals surface area (Å²) in [6.07, 6.45) is 0. The Balaban J connectivity index is 1.56. The SMILES string of the molecule is CC12C(=O)N(c3ccc(C(=O)O)cc3)C(=O)C1C1c3ccccc3C2c2ccccc21. The number of hydrogen-bond donors (Lipinski definition) is 1. The van der Waals surface area contributed by atoms with Crippen molar-refractivity contribution in [3.05, 3.63) is 101 Å². The lowest BCUT2D eigenvalue weighted by Gasteiger charge is -2.51. The van der Waals surface area contributed by atoms with Gasteiger partial charge in [0.25, 0.3) is 0 Å². The van der Waals surface area contributed by atoms with E-state index in [1.807, 2.05) is 31.2 Å². The zero-order valence-corrected chi connectivity index (χ0v) is 16.8. The van der Waals surface area contributed by atoms with Gasteiger partial charge in [-0.25, -0.2) is 9.69 Å². The number of hydrogen-bond acceptors (Lipinski definition) is 3. The third-order valence-electron chi connectivity index (χ3n) is 7.39. The van der Waals surface area contributed by atoms with E-state index in [0.717, 1.165) is 22.3 Å². The maximum absolute atomic E-state index is 13.9. The lowest BCUT2D eigenvalue weighted by atomic mass is 9.48. The summed E-state index contributed by atoms with van der Waals surface area (Å²) < 4.78 is 0. The molecule has 0 aromatic heterocycles. The monoisotopic (exact) mass is 409 g/mol. The highest BCUT2D eigenvalue weighted by Gasteiger charge is 2.68. The largest absolute Gasteiger partial charge is 0.478 e. The molecule has 1 heterocycles. The summed E-state index contributed by atoms with van der Waals surface area (Å²) in [6.45, 7) is 1.92. The molecule has 0 saturated carbocycles. The topological polar surface area (TPSA) is 74.7 Å². The third kappa shape index (κ3) is 2.08. The van der Waals surface area contributed by atoms with E-state index in [-0.39, 0.29) is 29.2 Å². The van der Waals surface area contributed by atoms with Gasteiger partial charge in [-0.05, 0) is 53.4 Å². The van der Waals surface area contributed by atoms with Crippen molar-refractivity contribution in [3.8, 4) is 0 Å². The van der Waals surface area contributed by atoms with E-state index in [1.54, 1.807) is 12.1 Å². The molecule has 152 valence electrons. The molecule has 1 saturated heterocycles. The highest BCUT2D eigenvalue weighted by Crippen LogP contribution is 2.67. The number of imide groups is 1. The minimum atomic E-state index is -1.05. The summed E-state index contributed by atoms with van der Waals surface area (Å²) in [5.41, 5.74) is 4.13. The van der Waals surface area contributed by atoms with E-state index in [9.17, 15) is 19.5 Å².